The van der Waals surface area contributed by atoms with Crippen LogP contribution in [-0.2, 0) is 19.1 Å². The van der Waals surface area contributed by atoms with Crippen LogP contribution in [0.15, 0.2) is 159 Å². The lowest BCUT2D eigenvalue weighted by Crippen LogP contribution is -2.26. The van der Waals surface area contributed by atoms with Crippen LogP contribution in [0.3, 0.4) is 0 Å². The molecule has 0 bridgehead atoms. The van der Waals surface area contributed by atoms with Crippen LogP contribution < -0.4 is 56.8 Å². The Morgan fingerprint density at radius 2 is 0.647 bits per heavy atom. The van der Waals surface area contributed by atoms with Gasteiger partial charge >= 0.3 is 54.7 Å². The minimum absolute atomic E-state index is 0.00138. The second kappa shape index (κ2) is 23.4. The Labute approximate surface area is 473 Å². The van der Waals surface area contributed by atoms with Crippen molar-refractivity contribution in [2.75, 3.05) is 26.4 Å². The summed E-state index contributed by atoms with van der Waals surface area (Å²) in [4.78, 5) is 75.5. The maximum Gasteiger partial charge on any atom is 0.586 e. The topological polar surface area (TPSA) is 232 Å². The minimum Gasteiger partial charge on any atom is -0.486 e. The summed E-state index contributed by atoms with van der Waals surface area (Å²) in [6.45, 7) is 5.50. The van der Waals surface area contributed by atoms with Crippen molar-refractivity contribution in [3.63, 3.8) is 0 Å². The fraction of sp³-hybridized carbons (Fsp3) is 0.119. The van der Waals surface area contributed by atoms with Gasteiger partial charge in [0.05, 0.1) is 11.1 Å². The van der Waals surface area contributed by atoms with Crippen LogP contribution in [0.4, 0.5) is 26.3 Å². The van der Waals surface area contributed by atoms with Gasteiger partial charge in [0.1, 0.15) is 49.1 Å². The van der Waals surface area contributed by atoms with Crippen LogP contribution in [0.2, 0.25) is 0 Å². The van der Waals surface area contributed by atoms with Gasteiger partial charge in [0.25, 0.3) is 0 Å². The maximum atomic E-state index is 14.6. The van der Waals surface area contributed by atoms with Crippen LogP contribution in [0.1, 0.15) is 41.4 Å². The fourth-order valence-corrected chi connectivity index (χ4v) is 8.07. The predicted octanol–water partition coefficient (Wildman–Crippen LogP) is 11.1. The third-order valence-corrected chi connectivity index (χ3v) is 11.9. The molecule has 0 saturated heterocycles. The molecule has 0 saturated carbocycles. The number of alkyl halides is 6. The molecule has 0 atom stereocenters. The predicted molar refractivity (Wildman–Crippen MR) is 275 cm³/mol. The van der Waals surface area contributed by atoms with E-state index in [2.05, 4.69) is 41.6 Å². The normalized spacial score (nSPS) is 14.0. The first-order valence-corrected chi connectivity index (χ1v) is 24.6. The summed E-state index contributed by atoms with van der Waals surface area (Å²) in [5.41, 5.74) is 1.31. The van der Waals surface area contributed by atoms with E-state index >= 15 is 0 Å². The molecule has 10 rings (SSSR count). The average molecular weight is 1180 g/mol. The van der Waals surface area contributed by atoms with Crippen LogP contribution >= 0.6 is 0 Å². The highest BCUT2D eigenvalue weighted by atomic mass is 19.3. The number of hydrogen-bond acceptors (Lipinski definition) is 20. The number of ether oxygens (including phenoxy) is 14. The monoisotopic (exact) mass is 1180 g/mol. The first kappa shape index (κ1) is 57.1. The highest BCUT2D eigenvalue weighted by Gasteiger charge is 2.50. The summed E-state index contributed by atoms with van der Waals surface area (Å²) in [5.74, 6) is -11.1. The van der Waals surface area contributed by atoms with Gasteiger partial charge in [-0.25, -0.2) is 28.8 Å². The van der Waals surface area contributed by atoms with Crippen LogP contribution in [0.25, 0.3) is 22.3 Å². The van der Waals surface area contributed by atoms with Gasteiger partial charge in [-0.3, -0.25) is 0 Å². The van der Waals surface area contributed by atoms with Crippen molar-refractivity contribution in [1.82, 2.24) is 0 Å². The van der Waals surface area contributed by atoms with E-state index in [1.54, 1.807) is 24.3 Å². The highest BCUT2D eigenvalue weighted by Crippen LogP contribution is 2.54. The molecule has 0 amide bonds. The molecule has 85 heavy (non-hydrogen) atoms. The van der Waals surface area contributed by atoms with E-state index in [1.807, 2.05) is 0 Å². The number of halogens is 6. The molecule has 0 N–H and O–H groups in total. The smallest absolute Gasteiger partial charge is 0.486 e. The molecule has 3 aliphatic rings. The number of hydrogen-bond donors (Lipinski definition) is 0. The van der Waals surface area contributed by atoms with Crippen LogP contribution in [-0.4, -0.2) is 81.1 Å². The summed E-state index contributed by atoms with van der Waals surface area (Å²) in [6.07, 6.45) is -10.7. The van der Waals surface area contributed by atoms with Crippen molar-refractivity contribution < 1.29 is 121 Å². The first-order valence-electron chi connectivity index (χ1n) is 24.6. The highest BCUT2D eigenvalue weighted by molar-refractivity contribution is 5.97. The Bertz CT molecular complexity index is 3570. The number of carbonyl (C=O) groups is 6. The zero-order valence-corrected chi connectivity index (χ0v) is 43.0. The third-order valence-electron chi connectivity index (χ3n) is 11.9. The van der Waals surface area contributed by atoms with Gasteiger partial charge in [-0.1, -0.05) is 61.7 Å². The molecule has 0 fully saturated rings. The van der Waals surface area contributed by atoms with E-state index in [1.165, 1.54) is 84.9 Å². The largest absolute Gasteiger partial charge is 0.586 e. The summed E-state index contributed by atoms with van der Waals surface area (Å²) in [5, 5.41) is 0. The van der Waals surface area contributed by atoms with Crippen molar-refractivity contribution in [2.24, 2.45) is 0 Å². The van der Waals surface area contributed by atoms with Crippen LogP contribution in [0, 0.1) is 0 Å². The van der Waals surface area contributed by atoms with Crippen molar-refractivity contribution in [2.45, 2.75) is 18.9 Å². The lowest BCUT2D eigenvalue weighted by Gasteiger charge is -2.11. The molecule has 434 valence electrons. The second-order valence-electron chi connectivity index (χ2n) is 17.5. The summed E-state index contributed by atoms with van der Waals surface area (Å²) >= 11 is 0. The van der Waals surface area contributed by atoms with E-state index < -0.39 is 112 Å². The molecular weight excluding hydrogens is 1140 g/mol. The van der Waals surface area contributed by atoms with Gasteiger partial charge in [-0.05, 0) is 107 Å². The molecule has 3 heterocycles. The van der Waals surface area contributed by atoms with Crippen molar-refractivity contribution in [3.05, 3.63) is 181 Å². The standard InChI is InChI=1S/C59H36F6O20/c1-3-45(66)74-29-27-72-41-23-21-39(47-49(41)82-57(60,61)80-47)55(70)76-37-17-13-33(14-18-37)31-5-9-35(10-6-31)53(68)78-43-25-26-44(52-51(43)84-59(64,65)85-52)79-54(69)36-11-7-32(8-12-36)34-15-19-38(20-16-34)77-56(71)40-22-24-42(73-28-30-75-46(67)4-2)50-48(40)81-58(62,63)83-50/h3-26H,1-2,27-30H2. The molecule has 0 unspecified atom stereocenters. The van der Waals surface area contributed by atoms with Gasteiger partial charge in [-0.2, -0.15) is 0 Å². The Morgan fingerprint density at radius 1 is 0.353 bits per heavy atom. The quantitative estimate of drug-likeness (QED) is 0.0227. The summed E-state index contributed by atoms with van der Waals surface area (Å²) < 4.78 is 155. The van der Waals surface area contributed by atoms with Crippen molar-refractivity contribution in [1.29, 1.82) is 0 Å². The van der Waals surface area contributed by atoms with Crippen molar-refractivity contribution >= 4 is 35.8 Å². The molecule has 0 aliphatic carbocycles. The second-order valence-corrected chi connectivity index (χ2v) is 17.5. The SMILES string of the molecule is C=CC(=O)OCCOc1ccc(C(=O)Oc2ccc(-c3ccc(C(=O)Oc4ccc(OC(=O)c5ccc(-c6ccc(OC(=O)c7ccc(OCCOC(=O)C=C)c8c7OC(F)(F)O8)cc6)cc5)c5c4OC(F)(F)O5)cc3)cc2)c2c1OC(F)(F)O2. The van der Waals surface area contributed by atoms with E-state index in [0.29, 0.717) is 22.3 Å². The molecule has 20 nitrogen and oxygen atoms in total. The molecular formula is C59H36F6O20. The van der Waals surface area contributed by atoms with Gasteiger partial charge in [0.15, 0.2) is 34.5 Å². The average Bonchev–Trinajstić information content (AvgIpc) is 2.04. The molecule has 3 aliphatic heterocycles. The van der Waals surface area contributed by atoms with Gasteiger partial charge in [0.2, 0.25) is 23.0 Å². The molecule has 0 aromatic heterocycles. The zero-order valence-electron chi connectivity index (χ0n) is 43.0. The number of rotatable bonds is 20. The Balaban J connectivity index is 0.736. The first-order chi connectivity index (χ1) is 40.6. The van der Waals surface area contributed by atoms with Gasteiger partial charge in [-0.15, -0.1) is 26.3 Å². The Morgan fingerprint density at radius 3 is 0.976 bits per heavy atom. The molecule has 7 aromatic rings. The summed E-state index contributed by atoms with van der Waals surface area (Å²) in [7, 11) is 0. The lowest BCUT2D eigenvalue weighted by molar-refractivity contribution is -0.288. The summed E-state index contributed by atoms with van der Waals surface area (Å²) in [6, 6.07) is 30.1. The lowest BCUT2D eigenvalue weighted by atomic mass is 10.0. The Kier molecular flexibility index (Phi) is 15.7. The van der Waals surface area contributed by atoms with Crippen LogP contribution in [0.5, 0.6) is 69.0 Å². The number of carbonyl (C=O) groups excluding carboxylic acids is 6. The molecule has 26 heteroatoms. The van der Waals surface area contributed by atoms with Gasteiger partial charge in [0, 0.05) is 12.2 Å². The molecule has 0 spiro atoms. The minimum atomic E-state index is -4.26. The van der Waals surface area contributed by atoms with E-state index in [9.17, 15) is 55.1 Å². The van der Waals surface area contributed by atoms with E-state index in [4.69, 9.17) is 37.9 Å². The number of fused-ring (bicyclic) bond motifs is 3. The molecule has 0 radical (unpaired) electrons. The zero-order chi connectivity index (χ0) is 60.2. The van der Waals surface area contributed by atoms with Gasteiger partial charge < -0.3 is 66.3 Å². The van der Waals surface area contributed by atoms with E-state index in [0.717, 1.165) is 36.4 Å². The number of benzene rings is 7. The number of esters is 6. The fourth-order valence-electron chi connectivity index (χ4n) is 8.07. The maximum absolute atomic E-state index is 14.6. The van der Waals surface area contributed by atoms with E-state index in [-0.39, 0.29) is 60.6 Å². The Hall–Kier alpha value is -11.2. The van der Waals surface area contributed by atoms with Crippen molar-refractivity contribution in [3.8, 4) is 91.2 Å². The third kappa shape index (κ3) is 13.0. The molecule has 7 aromatic carbocycles.